The molecule has 2 aromatic rings. The Hall–Kier alpha value is -1.08. The van der Waals surface area contributed by atoms with Crippen molar-refractivity contribution in [1.29, 1.82) is 0 Å². The van der Waals surface area contributed by atoms with E-state index in [9.17, 15) is 0 Å². The maximum absolute atomic E-state index is 9.16. The molecule has 0 aliphatic heterocycles. The zero-order valence-electron chi connectivity index (χ0n) is 17.4. The van der Waals surface area contributed by atoms with Crippen LogP contribution in [0.25, 0.3) is 0 Å². The predicted octanol–water partition coefficient (Wildman–Crippen LogP) is 5.55. The number of benzene rings is 2. The number of aliphatic hydroxyl groups excluding tert-OH is 2. The Morgan fingerprint density at radius 2 is 1.17 bits per heavy atom. The first-order valence-corrected chi connectivity index (χ1v) is 11.3. The Morgan fingerprint density at radius 3 is 1.48 bits per heavy atom. The Kier molecular flexibility index (Phi) is 9.01. The molecule has 0 aliphatic rings. The standard InChI is InChI=1S/C23H30Br2O4/c1-15(11-26)13-28-21-7-5-17(9-19(21)24)23(3,4)18-6-8-22(20(25)10-18)29-14-16(2)12-27/h5-10,15-16,26-27H,11-14H2,1-4H3. The average Bonchev–Trinajstić information content (AvgIpc) is 2.71. The molecule has 160 valence electrons. The largest absolute Gasteiger partial charge is 0.492 e. The summed E-state index contributed by atoms with van der Waals surface area (Å²) in [5, 5.41) is 18.3. The summed E-state index contributed by atoms with van der Waals surface area (Å²) < 4.78 is 13.4. The molecule has 0 radical (unpaired) electrons. The predicted molar refractivity (Wildman–Crippen MR) is 124 cm³/mol. The van der Waals surface area contributed by atoms with Gasteiger partial charge in [0.2, 0.25) is 0 Å². The first-order chi connectivity index (χ1) is 13.7. The number of halogens is 2. The minimum atomic E-state index is -0.223. The number of hydrogen-bond acceptors (Lipinski definition) is 4. The van der Waals surface area contributed by atoms with Gasteiger partial charge in [0.05, 0.1) is 22.2 Å². The van der Waals surface area contributed by atoms with Crippen molar-refractivity contribution in [2.75, 3.05) is 26.4 Å². The van der Waals surface area contributed by atoms with Crippen LogP contribution in [-0.2, 0) is 5.41 Å². The second-order valence-corrected chi connectivity index (χ2v) is 9.82. The van der Waals surface area contributed by atoms with E-state index in [2.05, 4.69) is 70.0 Å². The summed E-state index contributed by atoms with van der Waals surface area (Å²) in [6.45, 7) is 9.41. The van der Waals surface area contributed by atoms with Crippen LogP contribution in [0.3, 0.4) is 0 Å². The minimum Gasteiger partial charge on any atom is -0.492 e. The molecular weight excluding hydrogens is 500 g/mol. The molecule has 4 nitrogen and oxygen atoms in total. The Labute approximate surface area is 190 Å². The van der Waals surface area contributed by atoms with Gasteiger partial charge in [-0.15, -0.1) is 0 Å². The molecule has 29 heavy (non-hydrogen) atoms. The van der Waals surface area contributed by atoms with Gasteiger partial charge in [0, 0.05) is 30.5 Å². The molecule has 0 amide bonds. The highest BCUT2D eigenvalue weighted by Gasteiger charge is 2.25. The second kappa shape index (κ2) is 10.8. The first kappa shape index (κ1) is 24.2. The van der Waals surface area contributed by atoms with Gasteiger partial charge in [-0.25, -0.2) is 0 Å². The van der Waals surface area contributed by atoms with Crippen LogP contribution in [0.15, 0.2) is 45.3 Å². The minimum absolute atomic E-state index is 0.0940. The van der Waals surface area contributed by atoms with E-state index in [1.165, 1.54) is 0 Å². The zero-order valence-corrected chi connectivity index (χ0v) is 20.6. The summed E-state index contributed by atoms with van der Waals surface area (Å²) in [6, 6.07) is 12.2. The normalized spacial score (nSPS) is 13.8. The van der Waals surface area contributed by atoms with E-state index in [4.69, 9.17) is 19.7 Å². The van der Waals surface area contributed by atoms with Crippen LogP contribution in [0, 0.1) is 11.8 Å². The molecule has 2 unspecified atom stereocenters. The van der Waals surface area contributed by atoms with Crippen LogP contribution < -0.4 is 9.47 Å². The van der Waals surface area contributed by atoms with E-state index >= 15 is 0 Å². The summed E-state index contributed by atoms with van der Waals surface area (Å²) in [5.74, 6) is 1.73. The molecule has 6 heteroatoms. The lowest BCUT2D eigenvalue weighted by Gasteiger charge is -2.27. The number of hydrogen-bond donors (Lipinski definition) is 2. The van der Waals surface area contributed by atoms with Crippen LogP contribution in [0.1, 0.15) is 38.8 Å². The number of rotatable bonds is 10. The second-order valence-electron chi connectivity index (χ2n) is 8.11. The van der Waals surface area contributed by atoms with Gasteiger partial charge < -0.3 is 19.7 Å². The third-order valence-electron chi connectivity index (χ3n) is 4.98. The van der Waals surface area contributed by atoms with Crippen molar-refractivity contribution in [1.82, 2.24) is 0 Å². The smallest absolute Gasteiger partial charge is 0.133 e. The third-order valence-corrected chi connectivity index (χ3v) is 6.22. The topological polar surface area (TPSA) is 58.9 Å². The molecule has 0 heterocycles. The Balaban J connectivity index is 2.19. The van der Waals surface area contributed by atoms with Crippen molar-refractivity contribution in [2.45, 2.75) is 33.1 Å². The average molecular weight is 530 g/mol. The molecule has 0 saturated heterocycles. The lowest BCUT2D eigenvalue weighted by atomic mass is 9.78. The van der Waals surface area contributed by atoms with Crippen LogP contribution in [-0.4, -0.2) is 36.6 Å². The lowest BCUT2D eigenvalue weighted by molar-refractivity contribution is 0.173. The summed E-state index contributed by atoms with van der Waals surface area (Å²) in [7, 11) is 0. The summed E-state index contributed by atoms with van der Waals surface area (Å²) in [6.07, 6.45) is 0. The highest BCUT2D eigenvalue weighted by atomic mass is 79.9. The Morgan fingerprint density at radius 1 is 0.793 bits per heavy atom. The van der Waals surface area contributed by atoms with E-state index in [1.807, 2.05) is 26.0 Å². The maximum Gasteiger partial charge on any atom is 0.133 e. The molecule has 2 N–H and O–H groups in total. The van der Waals surface area contributed by atoms with Crippen molar-refractivity contribution < 1.29 is 19.7 Å². The van der Waals surface area contributed by atoms with Gasteiger partial charge in [-0.05, 0) is 67.3 Å². The zero-order chi connectivity index (χ0) is 21.6. The molecule has 2 aromatic carbocycles. The SMILES string of the molecule is CC(CO)COc1ccc(C(C)(C)c2ccc(OCC(C)CO)c(Br)c2)cc1Br. The summed E-state index contributed by atoms with van der Waals surface area (Å²) >= 11 is 7.23. The summed E-state index contributed by atoms with van der Waals surface area (Å²) in [4.78, 5) is 0. The molecule has 2 rings (SSSR count). The third kappa shape index (κ3) is 6.45. The van der Waals surface area contributed by atoms with Gasteiger partial charge in [-0.3, -0.25) is 0 Å². The Bertz CT molecular complexity index is 742. The van der Waals surface area contributed by atoms with Crippen LogP contribution in [0.5, 0.6) is 11.5 Å². The molecule has 0 aliphatic carbocycles. The molecule has 0 aromatic heterocycles. The van der Waals surface area contributed by atoms with Crippen molar-refractivity contribution in [3.63, 3.8) is 0 Å². The molecule has 0 spiro atoms. The van der Waals surface area contributed by atoms with Gasteiger partial charge in [0.1, 0.15) is 11.5 Å². The first-order valence-electron chi connectivity index (χ1n) is 9.76. The quantitative estimate of drug-likeness (QED) is 0.423. The molecule has 2 atom stereocenters. The van der Waals surface area contributed by atoms with Gasteiger partial charge in [0.25, 0.3) is 0 Å². The molecular formula is C23H30Br2O4. The fraction of sp³-hybridized carbons (Fsp3) is 0.478. The van der Waals surface area contributed by atoms with Crippen LogP contribution in [0.2, 0.25) is 0 Å². The van der Waals surface area contributed by atoms with Gasteiger partial charge in [-0.2, -0.15) is 0 Å². The van der Waals surface area contributed by atoms with Gasteiger partial charge >= 0.3 is 0 Å². The molecule has 0 bridgehead atoms. The van der Waals surface area contributed by atoms with Crippen molar-refractivity contribution in [2.24, 2.45) is 11.8 Å². The summed E-state index contributed by atoms with van der Waals surface area (Å²) in [5.41, 5.74) is 2.08. The van der Waals surface area contributed by atoms with Crippen molar-refractivity contribution in [3.05, 3.63) is 56.5 Å². The highest BCUT2D eigenvalue weighted by Crippen LogP contribution is 2.38. The van der Waals surface area contributed by atoms with E-state index in [0.29, 0.717) is 13.2 Å². The maximum atomic E-state index is 9.16. The fourth-order valence-corrected chi connectivity index (χ4v) is 3.74. The van der Waals surface area contributed by atoms with E-state index in [0.717, 1.165) is 31.6 Å². The van der Waals surface area contributed by atoms with Crippen molar-refractivity contribution in [3.8, 4) is 11.5 Å². The van der Waals surface area contributed by atoms with Gasteiger partial charge in [0.15, 0.2) is 0 Å². The number of ether oxygens (including phenoxy) is 2. The van der Waals surface area contributed by atoms with E-state index in [1.54, 1.807) is 0 Å². The number of aliphatic hydroxyl groups is 2. The van der Waals surface area contributed by atoms with Crippen molar-refractivity contribution >= 4 is 31.9 Å². The highest BCUT2D eigenvalue weighted by molar-refractivity contribution is 9.10. The van der Waals surface area contributed by atoms with Crippen LogP contribution in [0.4, 0.5) is 0 Å². The van der Waals surface area contributed by atoms with Gasteiger partial charge in [-0.1, -0.05) is 39.8 Å². The fourth-order valence-electron chi connectivity index (χ4n) is 2.75. The molecule has 0 fully saturated rings. The monoisotopic (exact) mass is 528 g/mol. The van der Waals surface area contributed by atoms with Crippen LogP contribution >= 0.6 is 31.9 Å². The van der Waals surface area contributed by atoms with E-state index in [-0.39, 0.29) is 30.5 Å². The van der Waals surface area contributed by atoms with E-state index < -0.39 is 0 Å². The molecule has 0 saturated carbocycles. The lowest BCUT2D eigenvalue weighted by Crippen LogP contribution is -2.19.